The number of carbonyl (C=O) groups excluding carboxylic acids is 1. The SMILES string of the molecule is C#Cc1c(F)ccc2c1C(N1CCc3c(nc(OCC4(CN5CCOCC5)CC4)nc3N3CCOC[C@H](NC(=O)C=C)C3)C1)CCC2. The van der Waals surface area contributed by atoms with Crippen LogP contribution in [0.5, 0.6) is 6.01 Å². The number of anilines is 1. The summed E-state index contributed by atoms with van der Waals surface area (Å²) >= 11 is 0. The van der Waals surface area contributed by atoms with E-state index >= 15 is 0 Å². The Morgan fingerprint density at radius 2 is 2.00 bits per heavy atom. The minimum Gasteiger partial charge on any atom is -0.463 e. The lowest BCUT2D eigenvalue weighted by molar-refractivity contribution is -0.117. The average Bonchev–Trinajstić information content (AvgIpc) is 3.90. The molecule has 2 aliphatic carbocycles. The predicted octanol–water partition coefficient (Wildman–Crippen LogP) is 3.03. The molecule has 1 N–H and O–H groups in total. The molecule has 250 valence electrons. The summed E-state index contributed by atoms with van der Waals surface area (Å²) in [6.45, 7) is 12.1. The van der Waals surface area contributed by atoms with Gasteiger partial charge >= 0.3 is 6.01 Å². The van der Waals surface area contributed by atoms with Crippen molar-refractivity contribution in [3.63, 3.8) is 0 Å². The van der Waals surface area contributed by atoms with Crippen LogP contribution < -0.4 is 15.0 Å². The second kappa shape index (κ2) is 13.9. The topological polar surface area (TPSA) is 92.3 Å². The van der Waals surface area contributed by atoms with Gasteiger partial charge in [-0.05, 0) is 61.8 Å². The van der Waals surface area contributed by atoms with Crippen LogP contribution in [0.3, 0.4) is 0 Å². The van der Waals surface area contributed by atoms with E-state index in [9.17, 15) is 9.18 Å². The third-order valence-corrected chi connectivity index (χ3v) is 10.4. The van der Waals surface area contributed by atoms with Gasteiger partial charge in [-0.15, -0.1) is 6.42 Å². The van der Waals surface area contributed by atoms with Gasteiger partial charge in [0.1, 0.15) is 11.6 Å². The summed E-state index contributed by atoms with van der Waals surface area (Å²) in [7, 11) is 0. The Hall–Kier alpha value is -3.56. The van der Waals surface area contributed by atoms with E-state index in [-0.39, 0.29) is 29.2 Å². The molecule has 2 aromatic rings. The summed E-state index contributed by atoms with van der Waals surface area (Å²) in [5.41, 5.74) is 4.61. The van der Waals surface area contributed by atoms with Crippen molar-refractivity contribution in [2.45, 2.75) is 57.2 Å². The molecule has 0 spiro atoms. The van der Waals surface area contributed by atoms with Gasteiger partial charge in [0.25, 0.3) is 0 Å². The number of morpholine rings is 1. The third kappa shape index (κ3) is 7.02. The number of benzene rings is 1. The van der Waals surface area contributed by atoms with Crippen LogP contribution in [0.4, 0.5) is 10.2 Å². The van der Waals surface area contributed by atoms with Gasteiger partial charge in [0.15, 0.2) is 0 Å². The van der Waals surface area contributed by atoms with Crippen LogP contribution in [0.1, 0.15) is 59.7 Å². The zero-order valence-electron chi connectivity index (χ0n) is 27.1. The number of terminal acetylenes is 1. The van der Waals surface area contributed by atoms with Gasteiger partial charge in [-0.1, -0.05) is 18.6 Å². The zero-order chi connectivity index (χ0) is 32.4. The largest absolute Gasteiger partial charge is 0.463 e. The van der Waals surface area contributed by atoms with Crippen molar-refractivity contribution in [2.24, 2.45) is 5.41 Å². The first kappa shape index (κ1) is 32.0. The Kier molecular flexibility index (Phi) is 9.46. The van der Waals surface area contributed by atoms with E-state index in [4.69, 9.17) is 30.6 Å². The van der Waals surface area contributed by atoms with E-state index in [0.29, 0.717) is 51.0 Å². The van der Waals surface area contributed by atoms with Gasteiger partial charge in [0.05, 0.1) is 50.3 Å². The van der Waals surface area contributed by atoms with Crippen LogP contribution in [-0.2, 0) is 33.7 Å². The van der Waals surface area contributed by atoms with Gasteiger partial charge in [-0.2, -0.15) is 9.97 Å². The lowest BCUT2D eigenvalue weighted by atomic mass is 9.83. The maximum atomic E-state index is 14.9. The molecule has 2 saturated heterocycles. The lowest BCUT2D eigenvalue weighted by Gasteiger charge is -2.40. The highest BCUT2D eigenvalue weighted by atomic mass is 19.1. The predicted molar refractivity (Wildman–Crippen MR) is 176 cm³/mol. The Balaban J connectivity index is 1.18. The Morgan fingerprint density at radius 3 is 2.79 bits per heavy atom. The summed E-state index contributed by atoms with van der Waals surface area (Å²) in [6, 6.07) is 3.59. The van der Waals surface area contributed by atoms with Crippen LogP contribution in [0, 0.1) is 23.6 Å². The number of halogens is 1. The Bertz CT molecular complexity index is 1530. The second-order valence-electron chi connectivity index (χ2n) is 13.6. The molecule has 0 radical (unpaired) electrons. The summed E-state index contributed by atoms with van der Waals surface area (Å²) in [4.78, 5) is 29.4. The standard InChI is InChI=1S/C36H45FN6O4/c1-3-27-29(37)9-8-25-6-5-7-31(33(25)27)42-13-10-28-30(21-42)39-35(47-24-36(11-12-36)23-41-14-17-45-18-15-41)40-34(28)43-16-19-46-22-26(20-43)38-32(44)4-2/h1,4,8-9,26,31H,2,5-7,10-24H2,(H,38,44)/t26-,31?/m1/s1. The molecule has 10 nitrogen and oxygen atoms in total. The number of amides is 1. The van der Waals surface area contributed by atoms with Crippen molar-refractivity contribution >= 4 is 11.7 Å². The summed E-state index contributed by atoms with van der Waals surface area (Å²) in [5.74, 6) is 2.94. The molecule has 0 bridgehead atoms. The number of hydrogen-bond acceptors (Lipinski definition) is 9. The van der Waals surface area contributed by atoms with Gasteiger partial charge in [-0.25, -0.2) is 4.39 Å². The van der Waals surface area contributed by atoms with E-state index in [2.05, 4.69) is 32.5 Å². The third-order valence-electron chi connectivity index (χ3n) is 10.4. The van der Waals surface area contributed by atoms with Gasteiger partial charge in [0, 0.05) is 62.8 Å². The van der Waals surface area contributed by atoms with E-state index in [0.717, 1.165) is 106 Å². The molecule has 3 fully saturated rings. The molecule has 4 heterocycles. The molecular weight excluding hydrogens is 599 g/mol. The highest BCUT2D eigenvalue weighted by Gasteiger charge is 2.45. The average molecular weight is 645 g/mol. The van der Waals surface area contributed by atoms with Crippen LogP contribution in [0.15, 0.2) is 24.8 Å². The Labute approximate surface area is 276 Å². The number of ether oxygens (including phenoxy) is 3. The second-order valence-corrected chi connectivity index (χ2v) is 13.6. The molecule has 1 aromatic heterocycles. The van der Waals surface area contributed by atoms with Crippen LogP contribution in [0.2, 0.25) is 0 Å². The lowest BCUT2D eigenvalue weighted by Crippen LogP contribution is -2.45. The maximum Gasteiger partial charge on any atom is 0.318 e. The molecule has 2 atom stereocenters. The highest BCUT2D eigenvalue weighted by molar-refractivity contribution is 5.87. The number of fused-ring (bicyclic) bond motifs is 2. The van der Waals surface area contributed by atoms with E-state index in [1.54, 1.807) is 0 Å². The van der Waals surface area contributed by atoms with Gasteiger partial charge < -0.3 is 24.4 Å². The number of nitrogens with one attached hydrogen (secondary N) is 1. The van der Waals surface area contributed by atoms with Gasteiger partial charge in [0.2, 0.25) is 5.91 Å². The summed E-state index contributed by atoms with van der Waals surface area (Å²) in [6.07, 6.45) is 13.0. The fraction of sp³-hybridized carbons (Fsp3) is 0.583. The van der Waals surface area contributed by atoms with Crippen LogP contribution in [0.25, 0.3) is 0 Å². The fourth-order valence-corrected chi connectivity index (χ4v) is 7.70. The molecule has 1 saturated carbocycles. The smallest absolute Gasteiger partial charge is 0.318 e. The van der Waals surface area contributed by atoms with Crippen molar-refractivity contribution in [2.75, 3.05) is 77.2 Å². The van der Waals surface area contributed by atoms with Crippen molar-refractivity contribution in [1.29, 1.82) is 0 Å². The monoisotopic (exact) mass is 644 g/mol. The number of rotatable bonds is 9. The van der Waals surface area contributed by atoms with E-state index in [1.165, 1.54) is 12.1 Å². The number of aromatic nitrogens is 2. The van der Waals surface area contributed by atoms with Crippen molar-refractivity contribution in [3.8, 4) is 18.4 Å². The molecule has 7 rings (SSSR count). The van der Waals surface area contributed by atoms with Crippen molar-refractivity contribution in [3.05, 3.63) is 58.6 Å². The molecule has 1 aromatic carbocycles. The number of carbonyl (C=O) groups is 1. The zero-order valence-corrected chi connectivity index (χ0v) is 27.1. The molecule has 11 heteroatoms. The minimum atomic E-state index is -0.330. The quantitative estimate of drug-likeness (QED) is 0.327. The van der Waals surface area contributed by atoms with Crippen molar-refractivity contribution < 1.29 is 23.4 Å². The van der Waals surface area contributed by atoms with Gasteiger partial charge in [-0.3, -0.25) is 14.6 Å². The molecule has 1 unspecified atom stereocenters. The van der Waals surface area contributed by atoms with Crippen LogP contribution in [-0.4, -0.2) is 104 Å². The highest BCUT2D eigenvalue weighted by Crippen LogP contribution is 2.47. The van der Waals surface area contributed by atoms with E-state index in [1.807, 2.05) is 6.07 Å². The first-order valence-electron chi connectivity index (χ1n) is 17.1. The molecule has 3 aliphatic heterocycles. The number of aryl methyl sites for hydroxylation is 1. The number of nitrogens with zero attached hydrogens (tertiary/aromatic N) is 5. The maximum absolute atomic E-state index is 14.9. The molecule has 1 amide bonds. The molecule has 5 aliphatic rings. The normalized spacial score (nSPS) is 24.3. The molecule has 47 heavy (non-hydrogen) atoms. The summed E-state index contributed by atoms with van der Waals surface area (Å²) in [5, 5.41) is 3.00. The van der Waals surface area contributed by atoms with Crippen LogP contribution >= 0.6 is 0 Å². The number of hydrogen-bond donors (Lipinski definition) is 1. The fourth-order valence-electron chi connectivity index (χ4n) is 7.70. The minimum absolute atomic E-state index is 0.0183. The summed E-state index contributed by atoms with van der Waals surface area (Å²) < 4.78 is 32.8. The van der Waals surface area contributed by atoms with E-state index < -0.39 is 0 Å². The first-order valence-corrected chi connectivity index (χ1v) is 17.1. The Morgan fingerprint density at radius 1 is 1.17 bits per heavy atom. The first-order chi connectivity index (χ1) is 22.9. The van der Waals surface area contributed by atoms with Crippen molar-refractivity contribution in [1.82, 2.24) is 25.1 Å². The molecular formula is C36H45FN6O4.